The van der Waals surface area contributed by atoms with Gasteiger partial charge in [0.15, 0.2) is 5.82 Å². The van der Waals surface area contributed by atoms with Crippen LogP contribution < -0.4 is 5.73 Å². The fourth-order valence-corrected chi connectivity index (χ4v) is 5.01. The van der Waals surface area contributed by atoms with Crippen LogP contribution in [0.1, 0.15) is 18.7 Å². The van der Waals surface area contributed by atoms with Gasteiger partial charge in [0.05, 0.1) is 22.3 Å². The summed E-state index contributed by atoms with van der Waals surface area (Å²) in [6, 6.07) is 12.6. The van der Waals surface area contributed by atoms with Crippen molar-refractivity contribution in [2.24, 2.45) is 7.05 Å². The molecule has 0 aliphatic carbocycles. The van der Waals surface area contributed by atoms with Crippen molar-refractivity contribution in [3.05, 3.63) is 42.2 Å². The van der Waals surface area contributed by atoms with Crippen molar-refractivity contribution in [1.29, 1.82) is 0 Å². The van der Waals surface area contributed by atoms with Crippen LogP contribution in [0.4, 0.5) is 5.82 Å². The van der Waals surface area contributed by atoms with Crippen LogP contribution in [0.5, 0.6) is 0 Å². The SMILES string of the molecule is Cn1c(CN2CCCC2)nc2c(N)nc3cc(-c4ccccc4)sc3c21. The first kappa shape index (κ1) is 15.8. The second-order valence-corrected chi connectivity index (χ2v) is 8.01. The fourth-order valence-electron chi connectivity index (χ4n) is 3.83. The summed E-state index contributed by atoms with van der Waals surface area (Å²) in [5, 5.41) is 0. The van der Waals surface area contributed by atoms with Crippen molar-refractivity contribution in [1.82, 2.24) is 19.4 Å². The van der Waals surface area contributed by atoms with E-state index in [-0.39, 0.29) is 0 Å². The Labute approximate surface area is 156 Å². The van der Waals surface area contributed by atoms with E-state index in [1.165, 1.54) is 23.3 Å². The minimum atomic E-state index is 0.521. The molecular formula is C20H21N5S. The van der Waals surface area contributed by atoms with E-state index in [9.17, 15) is 0 Å². The number of rotatable bonds is 3. The number of nitrogen functional groups attached to an aromatic ring is 1. The van der Waals surface area contributed by atoms with Gasteiger partial charge in [-0.3, -0.25) is 4.90 Å². The number of hydrogen-bond donors (Lipinski definition) is 1. The van der Waals surface area contributed by atoms with Gasteiger partial charge in [0.25, 0.3) is 0 Å². The van der Waals surface area contributed by atoms with Gasteiger partial charge >= 0.3 is 0 Å². The number of imidazole rings is 1. The van der Waals surface area contributed by atoms with Gasteiger partial charge < -0.3 is 10.3 Å². The molecule has 4 heterocycles. The first-order valence-electron chi connectivity index (χ1n) is 9.03. The first-order chi connectivity index (χ1) is 12.7. The second-order valence-electron chi connectivity index (χ2n) is 6.96. The molecule has 5 nitrogen and oxygen atoms in total. The summed E-state index contributed by atoms with van der Waals surface area (Å²) in [6.45, 7) is 3.19. The maximum Gasteiger partial charge on any atom is 0.152 e. The molecule has 1 aliphatic rings. The van der Waals surface area contributed by atoms with E-state index in [1.54, 1.807) is 11.3 Å². The molecule has 0 unspecified atom stereocenters. The molecule has 1 saturated heterocycles. The van der Waals surface area contributed by atoms with E-state index in [0.29, 0.717) is 5.82 Å². The van der Waals surface area contributed by atoms with E-state index in [4.69, 9.17) is 10.7 Å². The van der Waals surface area contributed by atoms with E-state index in [1.807, 2.05) is 6.07 Å². The third-order valence-corrected chi connectivity index (χ3v) is 6.40. The smallest absolute Gasteiger partial charge is 0.152 e. The lowest BCUT2D eigenvalue weighted by Crippen LogP contribution is -2.20. The van der Waals surface area contributed by atoms with Crippen LogP contribution >= 0.6 is 11.3 Å². The standard InChI is InChI=1S/C20H21N5S/c1-24-16(12-25-9-5-6-10-25)23-17-18(24)19-14(22-20(17)21)11-15(26-19)13-7-3-2-4-8-13/h2-4,7-8,11H,5-6,9-10,12H2,1H3,(H2,21,22). The Morgan fingerprint density at radius 2 is 1.88 bits per heavy atom. The summed E-state index contributed by atoms with van der Waals surface area (Å²) >= 11 is 1.77. The number of fused-ring (bicyclic) bond motifs is 3. The summed E-state index contributed by atoms with van der Waals surface area (Å²) < 4.78 is 3.37. The highest BCUT2D eigenvalue weighted by Crippen LogP contribution is 2.38. The van der Waals surface area contributed by atoms with Gasteiger partial charge in [0.2, 0.25) is 0 Å². The van der Waals surface area contributed by atoms with Gasteiger partial charge in [0.1, 0.15) is 11.3 Å². The molecule has 6 heteroatoms. The number of nitrogens with zero attached hydrogens (tertiary/aromatic N) is 4. The Kier molecular flexibility index (Phi) is 3.69. The molecule has 4 aromatic rings. The minimum Gasteiger partial charge on any atom is -0.382 e. The van der Waals surface area contributed by atoms with Crippen LogP contribution in [0.3, 0.4) is 0 Å². The van der Waals surface area contributed by atoms with E-state index < -0.39 is 0 Å². The Balaban J connectivity index is 1.68. The zero-order valence-electron chi connectivity index (χ0n) is 14.8. The van der Waals surface area contributed by atoms with Crippen molar-refractivity contribution >= 4 is 38.4 Å². The summed E-state index contributed by atoms with van der Waals surface area (Å²) in [6.07, 6.45) is 2.56. The van der Waals surface area contributed by atoms with Gasteiger partial charge in [-0.25, -0.2) is 9.97 Å². The monoisotopic (exact) mass is 363 g/mol. The molecule has 3 aromatic heterocycles. The molecule has 1 aromatic carbocycles. The number of benzene rings is 1. The van der Waals surface area contributed by atoms with Crippen LogP contribution in [-0.2, 0) is 13.6 Å². The minimum absolute atomic E-state index is 0.521. The number of nitrogens with two attached hydrogens (primary N) is 1. The third-order valence-electron chi connectivity index (χ3n) is 5.22. The fraction of sp³-hybridized carbons (Fsp3) is 0.300. The quantitative estimate of drug-likeness (QED) is 0.597. The lowest BCUT2D eigenvalue weighted by Gasteiger charge is -2.13. The zero-order chi connectivity index (χ0) is 17.7. The highest BCUT2D eigenvalue weighted by atomic mass is 32.1. The number of pyridine rings is 1. The molecule has 1 fully saturated rings. The lowest BCUT2D eigenvalue weighted by molar-refractivity contribution is 0.319. The number of aromatic nitrogens is 3. The van der Waals surface area contributed by atoms with Crippen LogP contribution in [-0.4, -0.2) is 32.5 Å². The third kappa shape index (κ3) is 2.48. The van der Waals surface area contributed by atoms with Crippen LogP contribution in [0.25, 0.3) is 31.7 Å². The van der Waals surface area contributed by atoms with Gasteiger partial charge in [0, 0.05) is 11.9 Å². The molecule has 0 atom stereocenters. The van der Waals surface area contributed by atoms with Gasteiger partial charge in [-0.1, -0.05) is 30.3 Å². The molecule has 1 aliphatic heterocycles. The van der Waals surface area contributed by atoms with Gasteiger partial charge in [-0.2, -0.15) is 0 Å². The van der Waals surface area contributed by atoms with Crippen LogP contribution in [0.2, 0.25) is 0 Å². The summed E-state index contributed by atoms with van der Waals surface area (Å²) in [7, 11) is 2.10. The normalized spacial score (nSPS) is 15.4. The molecule has 0 radical (unpaired) electrons. The van der Waals surface area contributed by atoms with Crippen LogP contribution in [0.15, 0.2) is 36.4 Å². The number of anilines is 1. The van der Waals surface area contributed by atoms with Crippen molar-refractivity contribution in [2.75, 3.05) is 18.8 Å². The van der Waals surface area contributed by atoms with Crippen molar-refractivity contribution < 1.29 is 0 Å². The maximum absolute atomic E-state index is 6.26. The average Bonchev–Trinajstić information content (AvgIpc) is 3.37. The van der Waals surface area contributed by atoms with Crippen LogP contribution in [0, 0.1) is 0 Å². The maximum atomic E-state index is 6.26. The molecule has 5 rings (SSSR count). The molecular weight excluding hydrogens is 342 g/mol. The Hall–Kier alpha value is -2.44. The topological polar surface area (TPSA) is 60.0 Å². The molecule has 132 valence electrons. The number of hydrogen-bond acceptors (Lipinski definition) is 5. The summed E-state index contributed by atoms with van der Waals surface area (Å²) in [5.74, 6) is 1.59. The molecule has 2 N–H and O–H groups in total. The van der Waals surface area contributed by atoms with Gasteiger partial charge in [-0.15, -0.1) is 11.3 Å². The van der Waals surface area contributed by atoms with Gasteiger partial charge in [-0.05, 0) is 37.6 Å². The molecule has 0 bridgehead atoms. The molecule has 0 amide bonds. The van der Waals surface area contributed by atoms with E-state index in [2.05, 4.69) is 51.8 Å². The molecule has 0 spiro atoms. The lowest BCUT2D eigenvalue weighted by atomic mass is 10.2. The number of aryl methyl sites for hydroxylation is 1. The van der Waals surface area contributed by atoms with E-state index >= 15 is 0 Å². The number of thiophene rings is 1. The highest BCUT2D eigenvalue weighted by molar-refractivity contribution is 7.23. The largest absolute Gasteiger partial charge is 0.382 e. The average molecular weight is 363 g/mol. The molecule has 0 saturated carbocycles. The van der Waals surface area contributed by atoms with Crippen molar-refractivity contribution in [3.63, 3.8) is 0 Å². The Morgan fingerprint density at radius 1 is 1.12 bits per heavy atom. The zero-order valence-corrected chi connectivity index (χ0v) is 15.6. The van der Waals surface area contributed by atoms with Crippen molar-refractivity contribution in [3.8, 4) is 10.4 Å². The highest BCUT2D eigenvalue weighted by Gasteiger charge is 2.20. The van der Waals surface area contributed by atoms with Crippen molar-refractivity contribution in [2.45, 2.75) is 19.4 Å². The predicted octanol–water partition coefficient (Wildman–Crippen LogP) is 4.03. The van der Waals surface area contributed by atoms with E-state index in [0.717, 1.165) is 46.7 Å². The summed E-state index contributed by atoms with van der Waals surface area (Å²) in [5.41, 5.74) is 10.4. The first-order valence-corrected chi connectivity index (χ1v) is 9.84. The molecule has 26 heavy (non-hydrogen) atoms. The number of likely N-dealkylation sites (tertiary alicyclic amines) is 1. The predicted molar refractivity (Wildman–Crippen MR) is 108 cm³/mol. The summed E-state index contributed by atoms with van der Waals surface area (Å²) in [4.78, 5) is 13.2. The Morgan fingerprint density at radius 3 is 2.65 bits per heavy atom. The second kappa shape index (κ2) is 6.07. The Bertz CT molecular complexity index is 1090.